The largest absolute Gasteiger partial charge is 0.353 e. The summed E-state index contributed by atoms with van der Waals surface area (Å²) in [7, 11) is 0. The molecule has 6 heteroatoms. The maximum atomic E-state index is 13.4. The minimum atomic E-state index is -0.230. The number of hydrogen-bond donors (Lipinski definition) is 0. The van der Waals surface area contributed by atoms with Gasteiger partial charge in [0.1, 0.15) is 17.5 Å². The number of halogens is 1. The third-order valence-corrected chi connectivity index (χ3v) is 5.62. The van der Waals surface area contributed by atoms with Gasteiger partial charge in [0.15, 0.2) is 0 Å². The molecule has 5 nitrogen and oxygen atoms in total. The van der Waals surface area contributed by atoms with Gasteiger partial charge in [0, 0.05) is 55.7 Å². The highest BCUT2D eigenvalue weighted by Crippen LogP contribution is 2.28. The first kappa shape index (κ1) is 22.2. The van der Waals surface area contributed by atoms with Crippen LogP contribution in [0.5, 0.6) is 0 Å². The Morgan fingerprint density at radius 3 is 2.20 bits per heavy atom. The smallest absolute Gasteiger partial charge is 0.225 e. The van der Waals surface area contributed by atoms with E-state index in [0.717, 1.165) is 48.0 Å². The van der Waals surface area contributed by atoms with Crippen molar-refractivity contribution in [3.63, 3.8) is 0 Å². The number of carbonyl (C=O) groups excluding carboxylic acids is 1. The summed E-state index contributed by atoms with van der Waals surface area (Å²) in [4.78, 5) is 26.4. The molecule has 3 rings (SSSR count). The topological polar surface area (TPSA) is 49.3 Å². The van der Waals surface area contributed by atoms with E-state index in [1.807, 2.05) is 30.9 Å². The number of hydrogen-bond acceptors (Lipinski definition) is 4. The number of aryl methyl sites for hydroxylation is 1. The van der Waals surface area contributed by atoms with Crippen LogP contribution in [0.3, 0.4) is 0 Å². The summed E-state index contributed by atoms with van der Waals surface area (Å²) in [5.41, 5.74) is 3.20. The van der Waals surface area contributed by atoms with E-state index in [1.54, 1.807) is 0 Å². The van der Waals surface area contributed by atoms with Gasteiger partial charge < -0.3 is 9.80 Å². The lowest BCUT2D eigenvalue weighted by Gasteiger charge is -2.37. The zero-order valence-corrected chi connectivity index (χ0v) is 18.8. The standard InChI is InChI=1S/C24H33FN4O/c1-6-21-20(15-18-7-9-19(25)10-8-18)23(27-22(26-21)16(2)3)28-11-13-29(14-12-28)24(30)17(4)5/h7-10,16-17H,6,11-15H2,1-5H3. The van der Waals surface area contributed by atoms with Gasteiger partial charge in [-0.05, 0) is 24.1 Å². The van der Waals surface area contributed by atoms with Gasteiger partial charge >= 0.3 is 0 Å². The Morgan fingerprint density at radius 1 is 1.03 bits per heavy atom. The second-order valence-electron chi connectivity index (χ2n) is 8.61. The van der Waals surface area contributed by atoms with Gasteiger partial charge in [-0.1, -0.05) is 46.8 Å². The summed E-state index contributed by atoms with van der Waals surface area (Å²) < 4.78 is 13.4. The molecule has 1 aliphatic rings. The van der Waals surface area contributed by atoms with Crippen LogP contribution in [-0.4, -0.2) is 47.0 Å². The van der Waals surface area contributed by atoms with Gasteiger partial charge in [0.05, 0.1) is 0 Å². The minimum Gasteiger partial charge on any atom is -0.353 e. The van der Waals surface area contributed by atoms with Gasteiger partial charge in [-0.3, -0.25) is 4.79 Å². The SMILES string of the molecule is CCc1nc(C(C)C)nc(N2CCN(C(=O)C(C)C)CC2)c1Cc1ccc(F)cc1. The summed E-state index contributed by atoms with van der Waals surface area (Å²) in [5.74, 6) is 2.05. The van der Waals surface area contributed by atoms with Crippen LogP contribution >= 0.6 is 0 Å². The first-order chi connectivity index (χ1) is 14.3. The van der Waals surface area contributed by atoms with Gasteiger partial charge in [0.25, 0.3) is 0 Å². The second-order valence-corrected chi connectivity index (χ2v) is 8.61. The summed E-state index contributed by atoms with van der Waals surface area (Å²) in [5, 5.41) is 0. The number of benzene rings is 1. The van der Waals surface area contributed by atoms with Crippen molar-refractivity contribution in [3.05, 3.63) is 52.7 Å². The highest BCUT2D eigenvalue weighted by molar-refractivity contribution is 5.78. The molecule has 0 aliphatic carbocycles. The first-order valence-corrected chi connectivity index (χ1v) is 11.0. The third-order valence-electron chi connectivity index (χ3n) is 5.62. The van der Waals surface area contributed by atoms with Crippen molar-refractivity contribution in [2.45, 2.75) is 53.4 Å². The van der Waals surface area contributed by atoms with Crippen molar-refractivity contribution in [2.75, 3.05) is 31.1 Å². The maximum absolute atomic E-state index is 13.4. The molecule has 30 heavy (non-hydrogen) atoms. The maximum Gasteiger partial charge on any atom is 0.225 e. The number of anilines is 1. The van der Waals surface area contributed by atoms with Crippen LogP contribution in [0.25, 0.3) is 0 Å². The second kappa shape index (κ2) is 9.54. The monoisotopic (exact) mass is 412 g/mol. The number of aromatic nitrogens is 2. The Balaban J connectivity index is 1.94. The Morgan fingerprint density at radius 2 is 1.67 bits per heavy atom. The molecule has 0 radical (unpaired) electrons. The lowest BCUT2D eigenvalue weighted by molar-refractivity contribution is -0.134. The Labute approximate surface area is 179 Å². The predicted octanol–water partition coefficient (Wildman–Crippen LogP) is 4.20. The fourth-order valence-corrected chi connectivity index (χ4v) is 3.84. The normalized spacial score (nSPS) is 14.7. The number of piperazine rings is 1. The van der Waals surface area contributed by atoms with Crippen LogP contribution < -0.4 is 4.90 Å². The molecule has 1 amide bonds. The molecule has 2 heterocycles. The molecule has 0 unspecified atom stereocenters. The van der Waals surface area contributed by atoms with E-state index in [9.17, 15) is 9.18 Å². The molecule has 1 fully saturated rings. The van der Waals surface area contributed by atoms with E-state index in [4.69, 9.17) is 9.97 Å². The van der Waals surface area contributed by atoms with Crippen molar-refractivity contribution in [2.24, 2.45) is 5.92 Å². The zero-order chi connectivity index (χ0) is 21.8. The van der Waals surface area contributed by atoms with Crippen molar-refractivity contribution >= 4 is 11.7 Å². The van der Waals surface area contributed by atoms with Gasteiger partial charge in [-0.2, -0.15) is 0 Å². The van der Waals surface area contributed by atoms with Gasteiger partial charge in [-0.25, -0.2) is 14.4 Å². The lowest BCUT2D eigenvalue weighted by Crippen LogP contribution is -2.50. The molecule has 0 N–H and O–H groups in total. The van der Waals surface area contributed by atoms with E-state index >= 15 is 0 Å². The average molecular weight is 413 g/mol. The molecule has 162 valence electrons. The summed E-state index contributed by atoms with van der Waals surface area (Å²) in [6.45, 7) is 13.1. The Kier molecular flexibility index (Phi) is 7.06. The van der Waals surface area contributed by atoms with Crippen molar-refractivity contribution in [1.82, 2.24) is 14.9 Å². The van der Waals surface area contributed by atoms with Crippen molar-refractivity contribution in [1.29, 1.82) is 0 Å². The molecule has 2 aromatic rings. The van der Waals surface area contributed by atoms with E-state index < -0.39 is 0 Å². The summed E-state index contributed by atoms with van der Waals surface area (Å²) in [6, 6.07) is 6.66. The van der Waals surface area contributed by atoms with Crippen molar-refractivity contribution < 1.29 is 9.18 Å². The average Bonchev–Trinajstić information content (AvgIpc) is 2.74. The number of amides is 1. The highest BCUT2D eigenvalue weighted by Gasteiger charge is 2.26. The Hall–Kier alpha value is -2.50. The lowest BCUT2D eigenvalue weighted by atomic mass is 10.0. The molecule has 1 saturated heterocycles. The highest BCUT2D eigenvalue weighted by atomic mass is 19.1. The quantitative estimate of drug-likeness (QED) is 0.714. The van der Waals surface area contributed by atoms with Crippen LogP contribution in [0.2, 0.25) is 0 Å². The van der Waals surface area contributed by atoms with Crippen LogP contribution in [0, 0.1) is 11.7 Å². The molecular weight excluding hydrogens is 379 g/mol. The zero-order valence-electron chi connectivity index (χ0n) is 18.8. The van der Waals surface area contributed by atoms with Crippen LogP contribution in [0.1, 0.15) is 63.2 Å². The molecule has 1 aliphatic heterocycles. The van der Waals surface area contributed by atoms with E-state index in [2.05, 4.69) is 25.7 Å². The molecule has 0 bridgehead atoms. The third kappa shape index (κ3) is 4.97. The first-order valence-electron chi connectivity index (χ1n) is 11.0. The molecule has 1 aromatic carbocycles. The van der Waals surface area contributed by atoms with Gasteiger partial charge in [-0.15, -0.1) is 0 Å². The fraction of sp³-hybridized carbons (Fsp3) is 0.542. The molecule has 0 atom stereocenters. The van der Waals surface area contributed by atoms with Crippen LogP contribution in [0.4, 0.5) is 10.2 Å². The van der Waals surface area contributed by atoms with E-state index in [0.29, 0.717) is 19.5 Å². The minimum absolute atomic E-state index is 0.0175. The summed E-state index contributed by atoms with van der Waals surface area (Å²) >= 11 is 0. The van der Waals surface area contributed by atoms with Crippen molar-refractivity contribution in [3.8, 4) is 0 Å². The molecule has 0 saturated carbocycles. The van der Waals surface area contributed by atoms with E-state index in [-0.39, 0.29) is 23.6 Å². The number of rotatable bonds is 6. The van der Waals surface area contributed by atoms with Crippen LogP contribution in [-0.2, 0) is 17.6 Å². The molecular formula is C24H33FN4O. The fourth-order valence-electron chi connectivity index (χ4n) is 3.84. The summed E-state index contributed by atoms with van der Waals surface area (Å²) in [6.07, 6.45) is 1.49. The van der Waals surface area contributed by atoms with Gasteiger partial charge in [0.2, 0.25) is 5.91 Å². The molecule has 1 aromatic heterocycles. The van der Waals surface area contributed by atoms with E-state index in [1.165, 1.54) is 12.1 Å². The number of carbonyl (C=O) groups is 1. The predicted molar refractivity (Wildman–Crippen MR) is 118 cm³/mol. The number of nitrogens with zero attached hydrogens (tertiary/aromatic N) is 4. The Bertz CT molecular complexity index is 872. The molecule has 0 spiro atoms. The van der Waals surface area contributed by atoms with Crippen LogP contribution in [0.15, 0.2) is 24.3 Å².